The van der Waals surface area contributed by atoms with Gasteiger partial charge in [-0.2, -0.15) is 0 Å². The van der Waals surface area contributed by atoms with Crippen molar-refractivity contribution in [3.8, 4) is 0 Å². The van der Waals surface area contributed by atoms with Gasteiger partial charge in [0.2, 0.25) is 5.82 Å². The smallest absolute Gasteiger partial charge is 0.311 e. The molecule has 2 rings (SSSR count). The van der Waals surface area contributed by atoms with Crippen LogP contribution in [0.2, 0.25) is 0 Å². The first-order chi connectivity index (χ1) is 11.0. The Balaban J connectivity index is 2.37. The number of hydrogen-bond acceptors (Lipinski definition) is 5. The summed E-state index contributed by atoms with van der Waals surface area (Å²) in [6, 6.07) is 10.8. The summed E-state index contributed by atoms with van der Waals surface area (Å²) in [5, 5.41) is 11.3. The molecule has 0 amide bonds. The van der Waals surface area contributed by atoms with E-state index in [2.05, 4.69) is 25.8 Å². The first-order valence-corrected chi connectivity index (χ1v) is 8.05. The van der Waals surface area contributed by atoms with Crippen molar-refractivity contribution < 1.29 is 4.92 Å². The Morgan fingerprint density at radius 1 is 1.17 bits per heavy atom. The van der Waals surface area contributed by atoms with Crippen LogP contribution in [-0.2, 0) is 0 Å². The van der Waals surface area contributed by atoms with Crippen molar-refractivity contribution >= 4 is 33.1 Å². The number of benzene rings is 1. The number of anilines is 2. The van der Waals surface area contributed by atoms with Crippen LogP contribution in [0.25, 0.3) is 0 Å². The zero-order chi connectivity index (χ0) is 16.8. The fourth-order valence-electron chi connectivity index (χ4n) is 2.26. The van der Waals surface area contributed by atoms with E-state index in [0.29, 0.717) is 12.4 Å². The van der Waals surface area contributed by atoms with Gasteiger partial charge in [-0.15, -0.1) is 0 Å². The summed E-state index contributed by atoms with van der Waals surface area (Å²) in [4.78, 5) is 19.2. The molecule has 7 heteroatoms. The third-order valence-corrected chi connectivity index (χ3v) is 3.87. The highest BCUT2D eigenvalue weighted by Gasteiger charge is 2.21. The van der Waals surface area contributed by atoms with E-state index in [9.17, 15) is 10.1 Å². The molecule has 0 fully saturated rings. The molecule has 0 saturated carbocycles. The summed E-state index contributed by atoms with van der Waals surface area (Å²) < 4.78 is 0.963. The van der Waals surface area contributed by atoms with E-state index < -0.39 is 0 Å². The van der Waals surface area contributed by atoms with Gasteiger partial charge in [0, 0.05) is 29.0 Å². The Kier molecular flexibility index (Phi) is 6.06. The summed E-state index contributed by atoms with van der Waals surface area (Å²) in [5.74, 6) is 0.374. The van der Waals surface area contributed by atoms with Crippen LogP contribution < -0.4 is 4.90 Å². The van der Waals surface area contributed by atoms with Crippen molar-refractivity contribution in [1.82, 2.24) is 9.88 Å². The zero-order valence-corrected chi connectivity index (χ0v) is 14.7. The van der Waals surface area contributed by atoms with Gasteiger partial charge in [-0.25, -0.2) is 4.98 Å². The van der Waals surface area contributed by atoms with E-state index >= 15 is 0 Å². The number of rotatable bonds is 7. The third kappa shape index (κ3) is 4.74. The number of nitro groups is 1. The van der Waals surface area contributed by atoms with Crippen molar-refractivity contribution in [2.75, 3.05) is 32.1 Å². The molecule has 0 bridgehead atoms. The highest BCUT2D eigenvalue weighted by atomic mass is 79.9. The average molecular weight is 379 g/mol. The standard InChI is InChI=1S/C16H19BrN4O2/c1-19(2)11-4-12-20(14-8-6-13(17)7-9-14)16-15(21(22)23)5-3-10-18-16/h3,5-10H,4,11-12H2,1-2H3. The predicted octanol–water partition coefficient (Wildman–Crippen LogP) is 3.84. The summed E-state index contributed by atoms with van der Waals surface area (Å²) in [6.07, 6.45) is 2.46. The summed E-state index contributed by atoms with van der Waals surface area (Å²) >= 11 is 3.41. The van der Waals surface area contributed by atoms with Gasteiger partial charge in [0.15, 0.2) is 0 Å². The van der Waals surface area contributed by atoms with Crippen LogP contribution in [0.5, 0.6) is 0 Å². The maximum atomic E-state index is 11.3. The number of halogens is 1. The maximum Gasteiger partial charge on any atom is 0.311 e. The van der Waals surface area contributed by atoms with Gasteiger partial charge >= 0.3 is 5.69 Å². The molecule has 1 aromatic heterocycles. The fraction of sp³-hybridized carbons (Fsp3) is 0.312. The second kappa shape index (κ2) is 8.03. The molecule has 0 N–H and O–H groups in total. The number of aromatic nitrogens is 1. The van der Waals surface area contributed by atoms with E-state index in [1.165, 1.54) is 6.07 Å². The zero-order valence-electron chi connectivity index (χ0n) is 13.1. The molecule has 0 unspecified atom stereocenters. The van der Waals surface area contributed by atoms with Gasteiger partial charge in [-0.3, -0.25) is 10.1 Å². The maximum absolute atomic E-state index is 11.3. The normalized spacial score (nSPS) is 10.8. The SMILES string of the molecule is CN(C)CCCN(c1ccc(Br)cc1)c1ncccc1[N+](=O)[O-]. The fourth-order valence-corrected chi connectivity index (χ4v) is 2.53. The first kappa shape index (κ1) is 17.4. The van der Waals surface area contributed by atoms with E-state index in [-0.39, 0.29) is 10.6 Å². The van der Waals surface area contributed by atoms with Crippen molar-refractivity contribution in [3.63, 3.8) is 0 Å². The molecule has 0 spiro atoms. The lowest BCUT2D eigenvalue weighted by Gasteiger charge is -2.24. The third-order valence-electron chi connectivity index (χ3n) is 3.34. The predicted molar refractivity (Wildman–Crippen MR) is 95.2 cm³/mol. The van der Waals surface area contributed by atoms with Crippen molar-refractivity contribution in [2.45, 2.75) is 6.42 Å². The lowest BCUT2D eigenvalue weighted by molar-refractivity contribution is -0.384. The molecule has 2 aromatic rings. The van der Waals surface area contributed by atoms with E-state index in [1.807, 2.05) is 43.3 Å². The van der Waals surface area contributed by atoms with Gasteiger partial charge in [-0.05, 0) is 57.4 Å². The van der Waals surface area contributed by atoms with Gasteiger partial charge in [0.05, 0.1) is 4.92 Å². The van der Waals surface area contributed by atoms with Crippen LogP contribution in [0.15, 0.2) is 47.1 Å². The van der Waals surface area contributed by atoms with Gasteiger partial charge in [0.1, 0.15) is 0 Å². The van der Waals surface area contributed by atoms with Gasteiger partial charge in [0.25, 0.3) is 0 Å². The minimum absolute atomic E-state index is 0.0141. The summed E-state index contributed by atoms with van der Waals surface area (Å²) in [6.45, 7) is 1.55. The second-order valence-electron chi connectivity index (χ2n) is 5.39. The Hall–Kier alpha value is -1.99. The van der Waals surface area contributed by atoms with Crippen LogP contribution in [-0.4, -0.2) is 42.0 Å². The molecule has 23 heavy (non-hydrogen) atoms. The summed E-state index contributed by atoms with van der Waals surface area (Å²) in [5.41, 5.74) is 0.897. The molecule has 0 radical (unpaired) electrons. The minimum atomic E-state index is -0.389. The van der Waals surface area contributed by atoms with Crippen LogP contribution in [0.4, 0.5) is 17.2 Å². The van der Waals surface area contributed by atoms with Crippen molar-refractivity contribution in [2.24, 2.45) is 0 Å². The number of hydrogen-bond donors (Lipinski definition) is 0. The van der Waals surface area contributed by atoms with E-state index in [4.69, 9.17) is 0 Å². The molecule has 0 aliphatic rings. The Bertz CT molecular complexity index is 661. The lowest BCUT2D eigenvalue weighted by atomic mass is 10.2. The minimum Gasteiger partial charge on any atom is -0.321 e. The van der Waals surface area contributed by atoms with E-state index in [0.717, 1.165) is 23.1 Å². The Labute approximate surface area is 144 Å². The van der Waals surface area contributed by atoms with Crippen molar-refractivity contribution in [3.05, 3.63) is 57.2 Å². The molecule has 0 aliphatic heterocycles. The second-order valence-corrected chi connectivity index (χ2v) is 6.30. The monoisotopic (exact) mass is 378 g/mol. The molecule has 0 atom stereocenters. The summed E-state index contributed by atoms with van der Waals surface area (Å²) in [7, 11) is 4.01. The largest absolute Gasteiger partial charge is 0.321 e. The van der Waals surface area contributed by atoms with Crippen LogP contribution in [0.3, 0.4) is 0 Å². The van der Waals surface area contributed by atoms with Gasteiger partial charge < -0.3 is 9.80 Å². The topological polar surface area (TPSA) is 62.5 Å². The molecule has 0 saturated heterocycles. The quantitative estimate of drug-likeness (QED) is 0.540. The average Bonchev–Trinajstić information content (AvgIpc) is 2.52. The molecular weight excluding hydrogens is 360 g/mol. The van der Waals surface area contributed by atoms with Crippen LogP contribution in [0.1, 0.15) is 6.42 Å². The number of pyridine rings is 1. The Morgan fingerprint density at radius 3 is 2.48 bits per heavy atom. The molecule has 6 nitrogen and oxygen atoms in total. The van der Waals surface area contributed by atoms with E-state index in [1.54, 1.807) is 12.3 Å². The Morgan fingerprint density at radius 2 is 1.87 bits per heavy atom. The lowest BCUT2D eigenvalue weighted by Crippen LogP contribution is -2.24. The molecule has 0 aliphatic carbocycles. The van der Waals surface area contributed by atoms with Crippen LogP contribution in [0, 0.1) is 10.1 Å². The van der Waals surface area contributed by atoms with Crippen molar-refractivity contribution in [1.29, 1.82) is 0 Å². The van der Waals surface area contributed by atoms with Crippen LogP contribution >= 0.6 is 15.9 Å². The van der Waals surface area contributed by atoms with Gasteiger partial charge in [-0.1, -0.05) is 15.9 Å². The molecular formula is C16H19BrN4O2. The molecule has 122 valence electrons. The highest BCUT2D eigenvalue weighted by molar-refractivity contribution is 9.10. The highest BCUT2D eigenvalue weighted by Crippen LogP contribution is 2.32. The number of nitrogens with zero attached hydrogens (tertiary/aromatic N) is 4. The first-order valence-electron chi connectivity index (χ1n) is 7.26. The molecule has 1 aromatic carbocycles. The molecule has 1 heterocycles.